The van der Waals surface area contributed by atoms with E-state index in [0.717, 1.165) is 4.47 Å². The molecule has 1 heterocycles. The Morgan fingerprint density at radius 3 is 3.07 bits per heavy atom. The number of anilines is 1. The molecule has 2 N–H and O–H groups in total. The summed E-state index contributed by atoms with van der Waals surface area (Å²) in [4.78, 5) is 14.8. The smallest absolute Gasteiger partial charge is 0.344 e. The molecule has 0 bridgehead atoms. The molecular weight excluding hydrogens is 264 g/mol. The zero-order valence-corrected chi connectivity index (χ0v) is 9.78. The molecule has 6 heteroatoms. The molecule has 0 fully saturated rings. The summed E-state index contributed by atoms with van der Waals surface area (Å²) < 4.78 is 10.6. The summed E-state index contributed by atoms with van der Waals surface area (Å²) in [7, 11) is 0. The van der Waals surface area contributed by atoms with Crippen molar-refractivity contribution in [2.24, 2.45) is 0 Å². The van der Waals surface area contributed by atoms with Crippen molar-refractivity contribution >= 4 is 27.7 Å². The van der Waals surface area contributed by atoms with E-state index in [1.54, 1.807) is 19.2 Å². The Labute approximate surface area is 95.7 Å². The Bertz CT molecular complexity index is 357. The van der Waals surface area contributed by atoms with Gasteiger partial charge < -0.3 is 15.2 Å². The number of aromatic nitrogens is 1. The van der Waals surface area contributed by atoms with Crippen LogP contribution in [0.2, 0.25) is 0 Å². The fraction of sp³-hybridized carbons (Fsp3) is 0.333. The fourth-order valence-electron chi connectivity index (χ4n) is 0.886. The number of nitrogens with zero attached hydrogens (tertiary/aromatic N) is 1. The summed E-state index contributed by atoms with van der Waals surface area (Å²) in [6, 6.07) is 1.64. The predicted molar refractivity (Wildman–Crippen MR) is 58.5 cm³/mol. The van der Waals surface area contributed by atoms with Gasteiger partial charge in [0.2, 0.25) is 0 Å². The maximum absolute atomic E-state index is 11.0. The van der Waals surface area contributed by atoms with Gasteiger partial charge in [-0.3, -0.25) is 0 Å². The van der Waals surface area contributed by atoms with Crippen molar-refractivity contribution in [2.75, 3.05) is 18.9 Å². The molecule has 0 saturated carbocycles. The highest BCUT2D eigenvalue weighted by atomic mass is 79.9. The molecule has 0 amide bonds. The number of nitrogens with two attached hydrogens (primary N) is 1. The molecule has 1 aromatic heterocycles. The minimum absolute atomic E-state index is 0.170. The van der Waals surface area contributed by atoms with Crippen molar-refractivity contribution in [1.82, 2.24) is 4.98 Å². The first kappa shape index (κ1) is 11.8. The van der Waals surface area contributed by atoms with Crippen LogP contribution in [0.5, 0.6) is 5.75 Å². The molecule has 0 unspecified atom stereocenters. The van der Waals surface area contributed by atoms with Gasteiger partial charge in [-0.25, -0.2) is 9.78 Å². The average molecular weight is 275 g/mol. The van der Waals surface area contributed by atoms with Gasteiger partial charge in [-0.1, -0.05) is 0 Å². The van der Waals surface area contributed by atoms with E-state index in [9.17, 15) is 4.79 Å². The standard InChI is InChI=1S/C9H11BrN2O3/c1-2-14-8(13)5-15-7-3-6(10)4-12-9(7)11/h3-4H,2,5H2,1H3,(H2,11,12). The predicted octanol–water partition coefficient (Wildman–Crippen LogP) is 1.37. The van der Waals surface area contributed by atoms with E-state index in [1.165, 1.54) is 0 Å². The molecule has 5 nitrogen and oxygen atoms in total. The lowest BCUT2D eigenvalue weighted by molar-refractivity contribution is -0.145. The SMILES string of the molecule is CCOC(=O)COc1cc(Br)cnc1N. The van der Waals surface area contributed by atoms with E-state index < -0.39 is 5.97 Å². The molecule has 0 saturated heterocycles. The average Bonchev–Trinajstić information content (AvgIpc) is 2.20. The highest BCUT2D eigenvalue weighted by Crippen LogP contribution is 2.22. The minimum Gasteiger partial charge on any atom is -0.478 e. The number of nitrogen functional groups attached to an aromatic ring is 1. The summed E-state index contributed by atoms with van der Waals surface area (Å²) in [5, 5.41) is 0. The second kappa shape index (κ2) is 5.55. The first-order valence-corrected chi connectivity index (χ1v) is 5.12. The summed E-state index contributed by atoms with van der Waals surface area (Å²) >= 11 is 3.22. The lowest BCUT2D eigenvalue weighted by Gasteiger charge is -2.07. The second-order valence-electron chi connectivity index (χ2n) is 2.63. The van der Waals surface area contributed by atoms with Gasteiger partial charge >= 0.3 is 5.97 Å². The molecule has 15 heavy (non-hydrogen) atoms. The third kappa shape index (κ3) is 3.75. The molecule has 0 atom stereocenters. The van der Waals surface area contributed by atoms with Crippen molar-refractivity contribution in [1.29, 1.82) is 0 Å². The number of carbonyl (C=O) groups is 1. The second-order valence-corrected chi connectivity index (χ2v) is 3.55. The van der Waals surface area contributed by atoms with E-state index in [2.05, 4.69) is 20.9 Å². The van der Waals surface area contributed by atoms with Crippen LogP contribution >= 0.6 is 15.9 Å². The molecule has 0 aliphatic carbocycles. The number of ether oxygens (including phenoxy) is 2. The molecule has 1 rings (SSSR count). The van der Waals surface area contributed by atoms with Gasteiger partial charge in [0.15, 0.2) is 18.2 Å². The van der Waals surface area contributed by atoms with Crippen molar-refractivity contribution in [3.63, 3.8) is 0 Å². The Hall–Kier alpha value is -1.30. The van der Waals surface area contributed by atoms with Crippen LogP contribution in [0.25, 0.3) is 0 Å². The Morgan fingerprint density at radius 2 is 2.40 bits per heavy atom. The van der Waals surface area contributed by atoms with E-state index >= 15 is 0 Å². The van der Waals surface area contributed by atoms with E-state index in [4.69, 9.17) is 15.2 Å². The topological polar surface area (TPSA) is 74.4 Å². The van der Waals surface area contributed by atoms with Crippen molar-refractivity contribution in [3.8, 4) is 5.75 Å². The molecule has 0 aromatic carbocycles. The normalized spacial score (nSPS) is 9.73. The van der Waals surface area contributed by atoms with Crippen LogP contribution in [0.1, 0.15) is 6.92 Å². The maximum Gasteiger partial charge on any atom is 0.344 e. The third-order valence-corrected chi connectivity index (χ3v) is 1.93. The van der Waals surface area contributed by atoms with Crippen LogP contribution in [0.15, 0.2) is 16.7 Å². The summed E-state index contributed by atoms with van der Waals surface area (Å²) in [6.45, 7) is 1.89. The van der Waals surface area contributed by atoms with Crippen LogP contribution in [0.3, 0.4) is 0 Å². The Balaban J connectivity index is 2.57. The molecule has 0 radical (unpaired) electrons. The molecule has 82 valence electrons. The zero-order valence-electron chi connectivity index (χ0n) is 8.20. The summed E-state index contributed by atoms with van der Waals surface area (Å²) in [5.41, 5.74) is 5.54. The van der Waals surface area contributed by atoms with E-state index in [1.807, 2.05) is 0 Å². The number of halogens is 1. The first-order valence-electron chi connectivity index (χ1n) is 4.33. The van der Waals surface area contributed by atoms with Gasteiger partial charge in [-0.15, -0.1) is 0 Å². The molecule has 0 aliphatic heterocycles. The minimum atomic E-state index is -0.433. The molecule has 0 spiro atoms. The van der Waals surface area contributed by atoms with Crippen molar-refractivity contribution < 1.29 is 14.3 Å². The van der Waals surface area contributed by atoms with Crippen LogP contribution in [-0.2, 0) is 9.53 Å². The Kier molecular flexibility index (Phi) is 4.36. The lowest BCUT2D eigenvalue weighted by atomic mass is 10.4. The van der Waals surface area contributed by atoms with Crippen LogP contribution in [0, 0.1) is 0 Å². The van der Waals surface area contributed by atoms with Crippen molar-refractivity contribution in [2.45, 2.75) is 6.92 Å². The number of pyridine rings is 1. The van der Waals surface area contributed by atoms with Gasteiger partial charge in [0.05, 0.1) is 6.61 Å². The number of esters is 1. The van der Waals surface area contributed by atoms with Crippen LogP contribution in [0.4, 0.5) is 5.82 Å². The highest BCUT2D eigenvalue weighted by molar-refractivity contribution is 9.10. The number of hydrogen-bond acceptors (Lipinski definition) is 5. The highest BCUT2D eigenvalue weighted by Gasteiger charge is 2.06. The van der Waals surface area contributed by atoms with Crippen LogP contribution in [-0.4, -0.2) is 24.2 Å². The largest absolute Gasteiger partial charge is 0.478 e. The van der Waals surface area contributed by atoms with Gasteiger partial charge in [0.25, 0.3) is 0 Å². The van der Waals surface area contributed by atoms with Crippen LogP contribution < -0.4 is 10.5 Å². The molecule has 0 aliphatic rings. The third-order valence-electron chi connectivity index (χ3n) is 1.50. The van der Waals surface area contributed by atoms with Gasteiger partial charge in [-0.05, 0) is 28.9 Å². The van der Waals surface area contributed by atoms with Crippen molar-refractivity contribution in [3.05, 3.63) is 16.7 Å². The number of hydrogen-bond donors (Lipinski definition) is 1. The van der Waals surface area contributed by atoms with E-state index in [-0.39, 0.29) is 12.4 Å². The number of rotatable bonds is 4. The van der Waals surface area contributed by atoms with E-state index in [0.29, 0.717) is 12.4 Å². The van der Waals surface area contributed by atoms with Gasteiger partial charge in [-0.2, -0.15) is 0 Å². The molecular formula is C9H11BrN2O3. The summed E-state index contributed by atoms with van der Waals surface area (Å²) in [5.74, 6) is 0.164. The van der Waals surface area contributed by atoms with Gasteiger partial charge in [0, 0.05) is 10.7 Å². The van der Waals surface area contributed by atoms with Gasteiger partial charge in [0.1, 0.15) is 0 Å². The quantitative estimate of drug-likeness (QED) is 0.840. The lowest BCUT2D eigenvalue weighted by Crippen LogP contribution is -2.15. The summed E-state index contributed by atoms with van der Waals surface area (Å²) in [6.07, 6.45) is 1.55. The fourth-order valence-corrected chi connectivity index (χ4v) is 1.20. The Morgan fingerprint density at radius 1 is 1.67 bits per heavy atom. The maximum atomic E-state index is 11.0. The monoisotopic (exact) mass is 274 g/mol. The first-order chi connectivity index (χ1) is 7.13. The molecule has 1 aromatic rings. The number of carbonyl (C=O) groups excluding carboxylic acids is 1. The zero-order chi connectivity index (χ0) is 11.3.